The Morgan fingerprint density at radius 3 is 2.80 bits per heavy atom. The van der Waals surface area contributed by atoms with Crippen molar-refractivity contribution in [3.8, 4) is 12.3 Å². The van der Waals surface area contributed by atoms with Gasteiger partial charge < -0.3 is 5.73 Å². The van der Waals surface area contributed by atoms with Gasteiger partial charge in [0, 0.05) is 22.6 Å². The predicted octanol–water partition coefficient (Wildman–Crippen LogP) is 1.77. The third-order valence-electron chi connectivity index (χ3n) is 2.17. The summed E-state index contributed by atoms with van der Waals surface area (Å²) in [5.41, 5.74) is 5.63. The van der Waals surface area contributed by atoms with Gasteiger partial charge in [0.15, 0.2) is 5.78 Å². The van der Waals surface area contributed by atoms with Crippen molar-refractivity contribution in [1.29, 1.82) is 0 Å². The molecular weight excluding hydrogens is 206 g/mol. The molecule has 0 saturated heterocycles. The first-order valence-electron chi connectivity index (χ1n) is 4.96. The Balaban J connectivity index is 2.55. The van der Waals surface area contributed by atoms with E-state index in [-0.39, 0.29) is 5.78 Å². The van der Waals surface area contributed by atoms with Crippen LogP contribution in [0.1, 0.15) is 23.1 Å². The molecular formula is C12H15NOS. The molecule has 15 heavy (non-hydrogen) atoms. The number of terminal acetylenes is 1. The van der Waals surface area contributed by atoms with Crippen molar-refractivity contribution in [3.05, 3.63) is 21.9 Å². The van der Waals surface area contributed by atoms with Crippen LogP contribution in [0.25, 0.3) is 0 Å². The second-order valence-electron chi connectivity index (χ2n) is 3.38. The fourth-order valence-corrected chi connectivity index (χ4v) is 2.22. The lowest BCUT2D eigenvalue weighted by Gasteiger charge is -2.04. The Morgan fingerprint density at radius 2 is 2.27 bits per heavy atom. The maximum atomic E-state index is 11.6. The molecule has 2 nitrogen and oxygen atoms in total. The van der Waals surface area contributed by atoms with E-state index < -0.39 is 6.04 Å². The first-order chi connectivity index (χ1) is 7.17. The fraction of sp³-hybridized carbons (Fsp3) is 0.417. The normalized spacial score (nSPS) is 12.1. The van der Waals surface area contributed by atoms with Crippen LogP contribution in [0.4, 0.5) is 0 Å². The molecule has 3 heteroatoms. The zero-order valence-electron chi connectivity index (χ0n) is 8.82. The van der Waals surface area contributed by atoms with Crippen LogP contribution < -0.4 is 5.73 Å². The van der Waals surface area contributed by atoms with Crippen LogP contribution in [0.3, 0.4) is 0 Å². The minimum absolute atomic E-state index is 0.0254. The number of ketones is 1. The van der Waals surface area contributed by atoms with E-state index in [2.05, 4.69) is 18.9 Å². The lowest BCUT2D eigenvalue weighted by atomic mass is 10.1. The molecule has 0 aliphatic heterocycles. The SMILES string of the molecule is C#CCC(N)C(=O)Cc1ccc(CC)s1. The minimum Gasteiger partial charge on any atom is -0.321 e. The van der Waals surface area contributed by atoms with Gasteiger partial charge in [-0.15, -0.1) is 23.7 Å². The molecule has 2 N–H and O–H groups in total. The molecule has 80 valence electrons. The summed E-state index contributed by atoms with van der Waals surface area (Å²) in [7, 11) is 0. The summed E-state index contributed by atoms with van der Waals surface area (Å²) in [5, 5.41) is 0. The quantitative estimate of drug-likeness (QED) is 0.770. The van der Waals surface area contributed by atoms with Crippen LogP contribution in [0.15, 0.2) is 12.1 Å². The number of carbonyl (C=O) groups is 1. The molecule has 1 heterocycles. The number of hydrogen-bond acceptors (Lipinski definition) is 3. The van der Waals surface area contributed by atoms with E-state index in [0.717, 1.165) is 11.3 Å². The largest absolute Gasteiger partial charge is 0.321 e. The standard InChI is InChI=1S/C12H15NOS/c1-3-5-11(13)12(14)8-10-7-6-9(4-2)15-10/h1,6-7,11H,4-5,8,13H2,2H3. The number of carbonyl (C=O) groups excluding carboxylic acids is 1. The van der Waals surface area contributed by atoms with Crippen molar-refractivity contribution in [2.75, 3.05) is 0 Å². The number of thiophene rings is 1. The van der Waals surface area contributed by atoms with Gasteiger partial charge in [-0.25, -0.2) is 0 Å². The van der Waals surface area contributed by atoms with E-state index in [1.807, 2.05) is 6.07 Å². The number of aryl methyl sites for hydroxylation is 1. The van der Waals surface area contributed by atoms with Gasteiger partial charge in [-0.05, 0) is 18.6 Å². The number of rotatable bonds is 5. The summed E-state index contributed by atoms with van der Waals surface area (Å²) in [6, 6.07) is 3.53. The third-order valence-corrected chi connectivity index (χ3v) is 3.40. The molecule has 0 bridgehead atoms. The van der Waals surface area contributed by atoms with Gasteiger partial charge in [0.05, 0.1) is 6.04 Å². The summed E-state index contributed by atoms with van der Waals surface area (Å²) in [6.45, 7) is 2.10. The first-order valence-corrected chi connectivity index (χ1v) is 5.78. The van der Waals surface area contributed by atoms with Crippen LogP contribution in [0.5, 0.6) is 0 Å². The Morgan fingerprint density at radius 1 is 1.60 bits per heavy atom. The smallest absolute Gasteiger partial charge is 0.155 e. The van der Waals surface area contributed by atoms with Crippen LogP contribution >= 0.6 is 11.3 Å². The number of hydrogen-bond donors (Lipinski definition) is 1. The van der Waals surface area contributed by atoms with Crippen LogP contribution in [-0.4, -0.2) is 11.8 Å². The van der Waals surface area contributed by atoms with Crippen molar-refractivity contribution in [1.82, 2.24) is 0 Å². The van der Waals surface area contributed by atoms with E-state index in [4.69, 9.17) is 12.2 Å². The highest BCUT2D eigenvalue weighted by molar-refractivity contribution is 7.12. The van der Waals surface area contributed by atoms with Gasteiger partial charge in [0.1, 0.15) is 0 Å². The molecule has 0 saturated carbocycles. The average Bonchev–Trinajstić information content (AvgIpc) is 2.66. The summed E-state index contributed by atoms with van der Waals surface area (Å²) < 4.78 is 0. The lowest BCUT2D eigenvalue weighted by Crippen LogP contribution is -2.31. The fourth-order valence-electron chi connectivity index (χ4n) is 1.25. The lowest BCUT2D eigenvalue weighted by molar-refractivity contribution is -0.119. The van der Waals surface area contributed by atoms with Crippen LogP contribution in [0.2, 0.25) is 0 Å². The van der Waals surface area contributed by atoms with Crippen molar-refractivity contribution in [2.24, 2.45) is 5.73 Å². The summed E-state index contributed by atoms with van der Waals surface area (Å²) >= 11 is 1.67. The number of Topliss-reactive ketones (excluding diaryl/α,β-unsaturated/α-hetero) is 1. The monoisotopic (exact) mass is 221 g/mol. The van der Waals surface area contributed by atoms with Crippen LogP contribution in [0, 0.1) is 12.3 Å². The van der Waals surface area contributed by atoms with Gasteiger partial charge in [-0.1, -0.05) is 6.92 Å². The van der Waals surface area contributed by atoms with Gasteiger partial charge in [-0.3, -0.25) is 4.79 Å². The topological polar surface area (TPSA) is 43.1 Å². The summed E-state index contributed by atoms with van der Waals surface area (Å²) in [5.74, 6) is 2.43. The maximum absolute atomic E-state index is 11.6. The molecule has 1 unspecified atom stereocenters. The van der Waals surface area contributed by atoms with E-state index in [1.54, 1.807) is 11.3 Å². The highest BCUT2D eigenvalue weighted by Gasteiger charge is 2.13. The molecule has 0 aromatic carbocycles. The molecule has 1 aromatic rings. The molecule has 0 fully saturated rings. The molecule has 0 aliphatic carbocycles. The van der Waals surface area contributed by atoms with Crippen molar-refractivity contribution < 1.29 is 4.79 Å². The van der Waals surface area contributed by atoms with Crippen molar-refractivity contribution in [2.45, 2.75) is 32.2 Å². The Kier molecular flexibility index (Phi) is 4.54. The van der Waals surface area contributed by atoms with E-state index in [0.29, 0.717) is 12.8 Å². The molecule has 1 rings (SSSR count). The second kappa shape index (κ2) is 5.69. The highest BCUT2D eigenvalue weighted by Crippen LogP contribution is 2.18. The Hall–Kier alpha value is -1.11. The molecule has 1 atom stereocenters. The van der Waals surface area contributed by atoms with Crippen LogP contribution in [-0.2, 0) is 17.6 Å². The van der Waals surface area contributed by atoms with Gasteiger partial charge in [-0.2, -0.15) is 0 Å². The summed E-state index contributed by atoms with van der Waals surface area (Å²) in [6.07, 6.45) is 6.85. The van der Waals surface area contributed by atoms with Crippen molar-refractivity contribution in [3.63, 3.8) is 0 Å². The van der Waals surface area contributed by atoms with Gasteiger partial charge in [0.25, 0.3) is 0 Å². The molecule has 0 spiro atoms. The molecule has 1 aromatic heterocycles. The first kappa shape index (κ1) is 12.0. The van der Waals surface area contributed by atoms with Gasteiger partial charge >= 0.3 is 0 Å². The molecule has 0 amide bonds. The number of nitrogens with two attached hydrogens (primary N) is 1. The Bertz CT molecular complexity index is 375. The molecule has 0 aliphatic rings. The third kappa shape index (κ3) is 3.50. The highest BCUT2D eigenvalue weighted by atomic mass is 32.1. The molecule has 0 radical (unpaired) electrons. The zero-order valence-corrected chi connectivity index (χ0v) is 9.64. The zero-order chi connectivity index (χ0) is 11.3. The van der Waals surface area contributed by atoms with E-state index in [9.17, 15) is 4.79 Å². The van der Waals surface area contributed by atoms with E-state index in [1.165, 1.54) is 4.88 Å². The predicted molar refractivity (Wildman–Crippen MR) is 63.8 cm³/mol. The van der Waals surface area contributed by atoms with E-state index >= 15 is 0 Å². The maximum Gasteiger partial charge on any atom is 0.155 e. The Labute approximate surface area is 94.5 Å². The van der Waals surface area contributed by atoms with Crippen molar-refractivity contribution >= 4 is 17.1 Å². The average molecular weight is 221 g/mol. The second-order valence-corrected chi connectivity index (χ2v) is 4.63. The minimum atomic E-state index is -0.512. The summed E-state index contributed by atoms with van der Waals surface area (Å²) in [4.78, 5) is 14.0. The van der Waals surface area contributed by atoms with Gasteiger partial charge in [0.2, 0.25) is 0 Å².